The number of piperidine rings is 1. The second kappa shape index (κ2) is 13.6. The van der Waals surface area contributed by atoms with Crippen LogP contribution in [0.15, 0.2) is 46.8 Å². The van der Waals surface area contributed by atoms with Gasteiger partial charge in [0.15, 0.2) is 0 Å². The Morgan fingerprint density at radius 1 is 1.27 bits per heavy atom. The van der Waals surface area contributed by atoms with Crippen LogP contribution in [0.4, 0.5) is 4.39 Å². The van der Waals surface area contributed by atoms with Gasteiger partial charge < -0.3 is 14.7 Å². The van der Waals surface area contributed by atoms with Crippen LogP contribution in [0.25, 0.3) is 10.9 Å². The van der Waals surface area contributed by atoms with Crippen LogP contribution in [-0.2, 0) is 4.79 Å². The normalized spacial score (nSPS) is 19.2. The Kier molecular flexibility index (Phi) is 10.2. The predicted octanol–water partition coefficient (Wildman–Crippen LogP) is 7.39. The van der Waals surface area contributed by atoms with Crippen molar-refractivity contribution in [3.8, 4) is 5.75 Å². The van der Waals surface area contributed by atoms with Crippen molar-refractivity contribution in [3.05, 3.63) is 53.0 Å². The molecule has 1 unspecified atom stereocenters. The summed E-state index contributed by atoms with van der Waals surface area (Å²) in [5.74, 6) is 1.67. The van der Waals surface area contributed by atoms with Gasteiger partial charge in [-0.1, -0.05) is 0 Å². The smallest absolute Gasteiger partial charge is 0.303 e. The van der Waals surface area contributed by atoms with Crippen molar-refractivity contribution in [3.63, 3.8) is 0 Å². The molecule has 0 aliphatic carbocycles. The molecular weight excluding hydrogens is 507 g/mol. The second-order valence-corrected chi connectivity index (χ2v) is 12.6. The molecule has 3 atom stereocenters. The van der Waals surface area contributed by atoms with E-state index in [4.69, 9.17) is 4.74 Å². The maximum atomic E-state index is 15.5. The Morgan fingerprint density at radius 2 is 2.14 bits per heavy atom. The number of carbonyl (C=O) groups is 1. The Hall–Kier alpha value is -2.16. The minimum absolute atomic E-state index is 0.177. The lowest BCUT2D eigenvalue weighted by Crippen LogP contribution is -2.41. The fraction of sp³-hybridized carbons (Fsp3) is 0.517. The lowest BCUT2D eigenvalue weighted by atomic mass is 9.79. The van der Waals surface area contributed by atoms with Crippen molar-refractivity contribution in [1.29, 1.82) is 0 Å². The van der Waals surface area contributed by atoms with Crippen molar-refractivity contribution in [1.82, 2.24) is 9.88 Å². The fourth-order valence-electron chi connectivity index (χ4n) is 5.39. The van der Waals surface area contributed by atoms with Crippen LogP contribution >= 0.6 is 23.1 Å². The van der Waals surface area contributed by atoms with Gasteiger partial charge in [-0.3, -0.25) is 9.78 Å². The van der Waals surface area contributed by atoms with Gasteiger partial charge in [0.1, 0.15) is 11.9 Å². The van der Waals surface area contributed by atoms with Crippen LogP contribution in [0.2, 0.25) is 0 Å². The van der Waals surface area contributed by atoms with E-state index in [0.717, 1.165) is 55.6 Å². The van der Waals surface area contributed by atoms with E-state index < -0.39 is 12.1 Å². The third-order valence-electron chi connectivity index (χ3n) is 7.39. The summed E-state index contributed by atoms with van der Waals surface area (Å²) in [5.41, 5.74) is 1.42. The third-order valence-corrected chi connectivity index (χ3v) is 9.71. The number of halogens is 1. The van der Waals surface area contributed by atoms with E-state index in [1.807, 2.05) is 41.3 Å². The maximum absolute atomic E-state index is 15.5. The standard InChI is InChI=1S/C29H37FN2O3S2/c1-20-4-11-29(37-20)36-17-3-15-32-16-13-21(22(19-32)6-10-28(33)34)5-8-26(30)24-12-14-31-27-9-7-23(35-2)18-25(24)27/h4,7,9,11-12,14,18,21-22,26H,3,5-6,8,10,13,15-17,19H2,1-2H3,(H,33,34)/t21-,22+,26?/m1/s1. The first kappa shape index (κ1) is 27.9. The molecule has 3 aromatic rings. The molecule has 1 fully saturated rings. The molecule has 1 aromatic carbocycles. The van der Waals surface area contributed by atoms with Gasteiger partial charge in [0.2, 0.25) is 0 Å². The Balaban J connectivity index is 1.32. The van der Waals surface area contributed by atoms with Crippen molar-refractivity contribution < 1.29 is 19.0 Å². The Morgan fingerprint density at radius 3 is 2.89 bits per heavy atom. The molecule has 1 aliphatic rings. The van der Waals surface area contributed by atoms with E-state index in [-0.39, 0.29) is 6.42 Å². The number of thioether (sulfide) groups is 1. The van der Waals surface area contributed by atoms with Gasteiger partial charge in [0.05, 0.1) is 16.8 Å². The van der Waals surface area contributed by atoms with Crippen molar-refractivity contribution in [2.75, 3.05) is 32.5 Å². The summed E-state index contributed by atoms with van der Waals surface area (Å²) in [6.45, 7) is 5.08. The Labute approximate surface area is 227 Å². The number of aliphatic carboxylic acids is 1. The molecule has 0 bridgehead atoms. The first-order chi connectivity index (χ1) is 17.9. The van der Waals surface area contributed by atoms with Gasteiger partial charge >= 0.3 is 5.97 Å². The molecule has 200 valence electrons. The van der Waals surface area contributed by atoms with E-state index in [2.05, 4.69) is 28.9 Å². The molecule has 0 saturated carbocycles. The molecule has 0 amide bonds. The minimum Gasteiger partial charge on any atom is -0.497 e. The fourth-order valence-corrected chi connectivity index (χ4v) is 7.50. The molecule has 0 radical (unpaired) electrons. The third kappa shape index (κ3) is 7.91. The summed E-state index contributed by atoms with van der Waals surface area (Å²) < 4.78 is 22.3. The number of methoxy groups -OCH3 is 1. The molecular formula is C29H37FN2O3S2. The summed E-state index contributed by atoms with van der Waals surface area (Å²) in [6.07, 6.45) is 4.73. The van der Waals surface area contributed by atoms with Crippen LogP contribution in [0, 0.1) is 18.8 Å². The largest absolute Gasteiger partial charge is 0.497 e. The summed E-state index contributed by atoms with van der Waals surface area (Å²) >= 11 is 3.76. The highest BCUT2D eigenvalue weighted by Crippen LogP contribution is 2.37. The topological polar surface area (TPSA) is 62.7 Å². The second-order valence-electron chi connectivity index (χ2n) is 9.94. The molecule has 3 heterocycles. The number of likely N-dealkylation sites (tertiary alicyclic amines) is 1. The lowest BCUT2D eigenvalue weighted by Gasteiger charge is -2.39. The van der Waals surface area contributed by atoms with E-state index in [9.17, 15) is 9.90 Å². The van der Waals surface area contributed by atoms with Crippen molar-refractivity contribution in [2.24, 2.45) is 11.8 Å². The number of hydrogen-bond acceptors (Lipinski definition) is 6. The molecule has 37 heavy (non-hydrogen) atoms. The molecule has 1 saturated heterocycles. The lowest BCUT2D eigenvalue weighted by molar-refractivity contribution is -0.137. The number of aromatic nitrogens is 1. The van der Waals surface area contributed by atoms with Crippen LogP contribution in [-0.4, -0.2) is 53.5 Å². The first-order valence-corrected chi connectivity index (χ1v) is 14.9. The van der Waals surface area contributed by atoms with Crippen molar-refractivity contribution in [2.45, 2.75) is 55.8 Å². The average molecular weight is 545 g/mol. The highest BCUT2D eigenvalue weighted by Gasteiger charge is 2.30. The summed E-state index contributed by atoms with van der Waals surface area (Å²) in [5, 5.41) is 10.1. The number of carboxylic acids is 1. The number of benzene rings is 1. The molecule has 8 heteroatoms. The average Bonchev–Trinajstić information content (AvgIpc) is 3.33. The van der Waals surface area contributed by atoms with Gasteiger partial charge in [-0.2, -0.15) is 0 Å². The number of alkyl halides is 1. The maximum Gasteiger partial charge on any atom is 0.303 e. The molecule has 1 aliphatic heterocycles. The number of ether oxygens (including phenoxy) is 1. The van der Waals surface area contributed by atoms with Gasteiger partial charge in [-0.25, -0.2) is 4.39 Å². The zero-order chi connectivity index (χ0) is 26.2. The summed E-state index contributed by atoms with van der Waals surface area (Å²) in [4.78, 5) is 19.5. The minimum atomic E-state index is -1.09. The zero-order valence-electron chi connectivity index (χ0n) is 21.7. The number of hydrogen-bond donors (Lipinski definition) is 1. The zero-order valence-corrected chi connectivity index (χ0v) is 23.3. The molecule has 0 spiro atoms. The first-order valence-electron chi connectivity index (χ1n) is 13.1. The SMILES string of the molecule is COc1ccc2nccc(C(F)CC[C@@H]3CCN(CCCSc4ccc(C)s4)C[C@@H]3CCC(=O)O)c2c1. The highest BCUT2D eigenvalue weighted by atomic mass is 32.2. The Bertz CT molecular complexity index is 1170. The number of aryl methyl sites for hydroxylation is 1. The summed E-state index contributed by atoms with van der Waals surface area (Å²) in [6, 6.07) is 11.7. The highest BCUT2D eigenvalue weighted by molar-refractivity contribution is 8.01. The number of carboxylic acid groups (broad SMARTS) is 1. The quantitative estimate of drug-likeness (QED) is 0.179. The summed E-state index contributed by atoms with van der Waals surface area (Å²) in [7, 11) is 1.61. The molecule has 4 rings (SSSR count). The van der Waals surface area contributed by atoms with E-state index in [1.54, 1.807) is 19.4 Å². The van der Waals surface area contributed by atoms with E-state index >= 15 is 4.39 Å². The van der Waals surface area contributed by atoms with Gasteiger partial charge in [-0.15, -0.1) is 23.1 Å². The monoisotopic (exact) mass is 544 g/mol. The van der Waals surface area contributed by atoms with Crippen LogP contribution in [0.3, 0.4) is 0 Å². The van der Waals surface area contributed by atoms with Gasteiger partial charge in [0, 0.05) is 35.2 Å². The molecule has 5 nitrogen and oxygen atoms in total. The van der Waals surface area contributed by atoms with Crippen LogP contribution < -0.4 is 4.74 Å². The number of rotatable bonds is 13. The van der Waals surface area contributed by atoms with Crippen molar-refractivity contribution >= 4 is 40.0 Å². The van der Waals surface area contributed by atoms with E-state index in [0.29, 0.717) is 36.0 Å². The molecule has 1 N–H and O–H groups in total. The molecule has 2 aromatic heterocycles. The number of thiophene rings is 1. The number of pyridine rings is 1. The van der Waals surface area contributed by atoms with Crippen LogP contribution in [0.1, 0.15) is 55.1 Å². The number of fused-ring (bicyclic) bond motifs is 1. The van der Waals surface area contributed by atoms with Crippen LogP contribution in [0.5, 0.6) is 5.75 Å². The number of nitrogens with zero attached hydrogens (tertiary/aromatic N) is 2. The predicted molar refractivity (Wildman–Crippen MR) is 151 cm³/mol. The van der Waals surface area contributed by atoms with Gasteiger partial charge in [0.25, 0.3) is 0 Å². The van der Waals surface area contributed by atoms with E-state index in [1.165, 1.54) is 9.09 Å². The van der Waals surface area contributed by atoms with Gasteiger partial charge in [-0.05, 0) is 106 Å².